The van der Waals surface area contributed by atoms with Gasteiger partial charge in [-0.25, -0.2) is 0 Å². The normalized spacial score (nSPS) is 13.0. The average molecular weight is 224 g/mol. The SMILES string of the molecule is CCCCC(C)NCCc1c(C)noc1C. The van der Waals surface area contributed by atoms with Gasteiger partial charge >= 0.3 is 0 Å². The van der Waals surface area contributed by atoms with Crippen molar-refractivity contribution < 1.29 is 4.52 Å². The summed E-state index contributed by atoms with van der Waals surface area (Å²) in [6.45, 7) is 9.48. The Labute approximate surface area is 98.6 Å². The number of aromatic nitrogens is 1. The summed E-state index contributed by atoms with van der Waals surface area (Å²) in [5, 5.41) is 7.50. The van der Waals surface area contributed by atoms with Gasteiger partial charge in [0.05, 0.1) is 5.69 Å². The summed E-state index contributed by atoms with van der Waals surface area (Å²) in [6, 6.07) is 0.612. The molecular formula is C13H24N2O. The predicted molar refractivity (Wildman–Crippen MR) is 66.7 cm³/mol. The van der Waals surface area contributed by atoms with Gasteiger partial charge in [-0.15, -0.1) is 0 Å². The van der Waals surface area contributed by atoms with Gasteiger partial charge in [-0.3, -0.25) is 0 Å². The first-order valence-corrected chi connectivity index (χ1v) is 6.30. The van der Waals surface area contributed by atoms with Crippen LogP contribution < -0.4 is 5.32 Å². The van der Waals surface area contributed by atoms with Gasteiger partial charge < -0.3 is 9.84 Å². The lowest BCUT2D eigenvalue weighted by molar-refractivity contribution is 0.392. The number of unbranched alkanes of at least 4 members (excludes halogenated alkanes) is 1. The van der Waals surface area contributed by atoms with Crippen LogP contribution in [0.15, 0.2) is 4.52 Å². The average Bonchev–Trinajstić information content (AvgIpc) is 2.57. The number of rotatable bonds is 7. The zero-order valence-corrected chi connectivity index (χ0v) is 11.0. The van der Waals surface area contributed by atoms with Gasteiger partial charge in [-0.05, 0) is 40.2 Å². The smallest absolute Gasteiger partial charge is 0.137 e. The molecule has 1 N–H and O–H groups in total. The quantitative estimate of drug-likeness (QED) is 0.773. The largest absolute Gasteiger partial charge is 0.361 e. The van der Waals surface area contributed by atoms with E-state index in [1.54, 1.807) is 0 Å². The summed E-state index contributed by atoms with van der Waals surface area (Å²) >= 11 is 0. The first kappa shape index (κ1) is 13.2. The van der Waals surface area contributed by atoms with Crippen molar-refractivity contribution in [3.05, 3.63) is 17.0 Å². The molecule has 92 valence electrons. The molecule has 0 amide bonds. The van der Waals surface area contributed by atoms with E-state index in [-0.39, 0.29) is 0 Å². The Bertz CT molecular complexity index is 287. The van der Waals surface area contributed by atoms with E-state index < -0.39 is 0 Å². The summed E-state index contributed by atoms with van der Waals surface area (Å²) in [5.41, 5.74) is 2.29. The second-order valence-corrected chi connectivity index (χ2v) is 4.55. The third-order valence-corrected chi connectivity index (χ3v) is 3.04. The summed E-state index contributed by atoms with van der Waals surface area (Å²) in [4.78, 5) is 0. The molecule has 0 aliphatic rings. The van der Waals surface area contributed by atoms with Gasteiger partial charge in [0.1, 0.15) is 5.76 Å². The minimum absolute atomic E-state index is 0.612. The Morgan fingerprint density at radius 1 is 1.38 bits per heavy atom. The molecule has 0 saturated carbocycles. The monoisotopic (exact) mass is 224 g/mol. The lowest BCUT2D eigenvalue weighted by atomic mass is 10.1. The summed E-state index contributed by atoms with van der Waals surface area (Å²) < 4.78 is 5.14. The van der Waals surface area contributed by atoms with Crippen molar-refractivity contribution in [1.29, 1.82) is 0 Å². The molecule has 1 aromatic heterocycles. The number of aryl methyl sites for hydroxylation is 2. The molecule has 3 heteroatoms. The fraction of sp³-hybridized carbons (Fsp3) is 0.769. The molecule has 0 aliphatic carbocycles. The van der Waals surface area contributed by atoms with Gasteiger partial charge in [0.15, 0.2) is 0 Å². The van der Waals surface area contributed by atoms with Crippen molar-refractivity contribution in [2.24, 2.45) is 0 Å². The predicted octanol–water partition coefficient (Wildman–Crippen LogP) is 3.00. The van der Waals surface area contributed by atoms with Crippen molar-refractivity contribution in [1.82, 2.24) is 10.5 Å². The highest BCUT2D eigenvalue weighted by Gasteiger charge is 2.08. The van der Waals surface area contributed by atoms with Gasteiger partial charge in [-0.2, -0.15) is 0 Å². The van der Waals surface area contributed by atoms with Crippen LogP contribution >= 0.6 is 0 Å². The zero-order chi connectivity index (χ0) is 12.0. The molecular weight excluding hydrogens is 200 g/mol. The minimum atomic E-state index is 0.612. The van der Waals surface area contributed by atoms with Gasteiger partial charge in [0, 0.05) is 11.6 Å². The number of hydrogen-bond donors (Lipinski definition) is 1. The summed E-state index contributed by atoms with van der Waals surface area (Å²) in [7, 11) is 0. The van der Waals surface area contributed by atoms with E-state index >= 15 is 0 Å². The van der Waals surface area contributed by atoms with Crippen LogP contribution in [0.4, 0.5) is 0 Å². The van der Waals surface area contributed by atoms with Gasteiger partial charge in [0.2, 0.25) is 0 Å². The van der Waals surface area contributed by atoms with Crippen LogP contribution in [-0.4, -0.2) is 17.7 Å². The molecule has 1 rings (SSSR count). The van der Waals surface area contributed by atoms with Crippen molar-refractivity contribution in [3.8, 4) is 0 Å². The summed E-state index contributed by atoms with van der Waals surface area (Å²) in [5.74, 6) is 0.959. The molecule has 16 heavy (non-hydrogen) atoms. The standard InChI is InChI=1S/C13H24N2O/c1-5-6-7-10(2)14-9-8-13-11(3)15-16-12(13)4/h10,14H,5-9H2,1-4H3. The highest BCUT2D eigenvalue weighted by atomic mass is 16.5. The van der Waals surface area contributed by atoms with Crippen molar-refractivity contribution in [2.45, 2.75) is 59.4 Å². The molecule has 1 atom stereocenters. The van der Waals surface area contributed by atoms with Crippen LogP contribution in [0.25, 0.3) is 0 Å². The first-order valence-electron chi connectivity index (χ1n) is 6.30. The fourth-order valence-electron chi connectivity index (χ4n) is 1.91. The van der Waals surface area contributed by atoms with E-state index in [1.807, 2.05) is 13.8 Å². The third-order valence-electron chi connectivity index (χ3n) is 3.04. The topological polar surface area (TPSA) is 38.1 Å². The molecule has 0 radical (unpaired) electrons. The Morgan fingerprint density at radius 3 is 2.69 bits per heavy atom. The molecule has 1 heterocycles. The molecule has 0 aromatic carbocycles. The number of nitrogens with one attached hydrogen (secondary N) is 1. The fourth-order valence-corrected chi connectivity index (χ4v) is 1.91. The van der Waals surface area contributed by atoms with E-state index in [2.05, 4.69) is 24.3 Å². The maximum Gasteiger partial charge on any atom is 0.137 e. The van der Waals surface area contributed by atoms with Crippen LogP contribution in [0.3, 0.4) is 0 Å². The number of nitrogens with zero attached hydrogens (tertiary/aromatic N) is 1. The van der Waals surface area contributed by atoms with Crippen LogP contribution in [0, 0.1) is 13.8 Å². The van der Waals surface area contributed by atoms with Gasteiger partial charge in [0.25, 0.3) is 0 Å². The molecule has 0 aliphatic heterocycles. The second kappa shape index (κ2) is 6.69. The van der Waals surface area contributed by atoms with Crippen molar-refractivity contribution in [2.75, 3.05) is 6.54 Å². The minimum Gasteiger partial charge on any atom is -0.361 e. The zero-order valence-electron chi connectivity index (χ0n) is 11.0. The molecule has 0 spiro atoms. The summed E-state index contributed by atoms with van der Waals surface area (Å²) in [6.07, 6.45) is 4.85. The molecule has 1 aromatic rings. The lowest BCUT2D eigenvalue weighted by Crippen LogP contribution is -2.28. The lowest BCUT2D eigenvalue weighted by Gasteiger charge is -2.12. The Hall–Kier alpha value is -0.830. The Balaban J connectivity index is 2.25. The van der Waals surface area contributed by atoms with Crippen molar-refractivity contribution >= 4 is 0 Å². The highest BCUT2D eigenvalue weighted by molar-refractivity contribution is 5.20. The van der Waals surface area contributed by atoms with Crippen LogP contribution in [0.1, 0.15) is 50.1 Å². The maximum atomic E-state index is 5.14. The Kier molecular flexibility index (Phi) is 5.53. The van der Waals surface area contributed by atoms with E-state index in [0.29, 0.717) is 6.04 Å². The molecule has 0 fully saturated rings. The van der Waals surface area contributed by atoms with Crippen LogP contribution in [-0.2, 0) is 6.42 Å². The molecule has 3 nitrogen and oxygen atoms in total. The molecule has 1 unspecified atom stereocenters. The van der Waals surface area contributed by atoms with Gasteiger partial charge in [-0.1, -0.05) is 24.9 Å². The third kappa shape index (κ3) is 3.97. The molecule has 0 saturated heterocycles. The van der Waals surface area contributed by atoms with Crippen molar-refractivity contribution in [3.63, 3.8) is 0 Å². The van der Waals surface area contributed by atoms with Crippen LogP contribution in [0.5, 0.6) is 0 Å². The Morgan fingerprint density at radius 2 is 2.12 bits per heavy atom. The van der Waals surface area contributed by atoms with E-state index in [9.17, 15) is 0 Å². The van der Waals surface area contributed by atoms with E-state index in [0.717, 1.165) is 24.4 Å². The van der Waals surface area contributed by atoms with E-state index in [1.165, 1.54) is 24.8 Å². The van der Waals surface area contributed by atoms with E-state index in [4.69, 9.17) is 4.52 Å². The maximum absolute atomic E-state index is 5.14. The highest BCUT2D eigenvalue weighted by Crippen LogP contribution is 2.12. The molecule has 0 bridgehead atoms. The number of hydrogen-bond acceptors (Lipinski definition) is 3. The first-order chi connectivity index (χ1) is 7.65. The van der Waals surface area contributed by atoms with Crippen LogP contribution in [0.2, 0.25) is 0 Å². The second-order valence-electron chi connectivity index (χ2n) is 4.55.